The fraction of sp³-hybridized carbons (Fsp3) is 0.375. The second-order valence-electron chi connectivity index (χ2n) is 5.24. The van der Waals surface area contributed by atoms with Crippen LogP contribution >= 0.6 is 0 Å². The van der Waals surface area contributed by atoms with Gasteiger partial charge in [0.2, 0.25) is 0 Å². The summed E-state index contributed by atoms with van der Waals surface area (Å²) in [6, 6.07) is 5.97. The predicted octanol–water partition coefficient (Wildman–Crippen LogP) is 2.59. The molecule has 2 aromatic rings. The van der Waals surface area contributed by atoms with Crippen molar-refractivity contribution in [3.63, 3.8) is 0 Å². The number of imidazole rings is 1. The maximum atomic E-state index is 12.5. The molecule has 0 bridgehead atoms. The third kappa shape index (κ3) is 2.46. The van der Waals surface area contributed by atoms with Gasteiger partial charge in [-0.3, -0.25) is 4.79 Å². The number of nitrogens with zero attached hydrogens (tertiary/aromatic N) is 2. The van der Waals surface area contributed by atoms with Crippen molar-refractivity contribution in [3.8, 4) is 0 Å². The topological polar surface area (TPSA) is 46.9 Å². The van der Waals surface area contributed by atoms with Crippen LogP contribution in [-0.2, 0) is 19.9 Å². The standard InChI is InChI=1S/C16H19N3O/c1-19-11-10-18-16(19)8-7-15(20)13-4-2-6-14-12(13)5-3-9-17-14/h2,4,6,10-11,17H,3,5,7-9H2,1H3. The molecule has 104 valence electrons. The Morgan fingerprint density at radius 1 is 1.45 bits per heavy atom. The minimum Gasteiger partial charge on any atom is -0.385 e. The third-order valence-electron chi connectivity index (χ3n) is 3.89. The molecule has 1 aromatic carbocycles. The van der Waals surface area contributed by atoms with Crippen LogP contribution in [0.4, 0.5) is 5.69 Å². The monoisotopic (exact) mass is 269 g/mol. The van der Waals surface area contributed by atoms with Crippen LogP contribution in [0, 0.1) is 0 Å². The zero-order valence-corrected chi connectivity index (χ0v) is 11.7. The molecule has 0 aliphatic carbocycles. The van der Waals surface area contributed by atoms with Gasteiger partial charge in [-0.25, -0.2) is 4.98 Å². The van der Waals surface area contributed by atoms with Crippen molar-refractivity contribution in [2.45, 2.75) is 25.7 Å². The number of benzene rings is 1. The van der Waals surface area contributed by atoms with E-state index in [1.165, 1.54) is 5.56 Å². The van der Waals surface area contributed by atoms with Gasteiger partial charge in [-0.1, -0.05) is 12.1 Å². The molecule has 4 heteroatoms. The molecule has 0 atom stereocenters. The quantitative estimate of drug-likeness (QED) is 0.868. The van der Waals surface area contributed by atoms with Gasteiger partial charge in [-0.2, -0.15) is 0 Å². The molecule has 0 amide bonds. The van der Waals surface area contributed by atoms with Crippen molar-refractivity contribution < 1.29 is 4.79 Å². The molecule has 2 heterocycles. The number of carbonyl (C=O) groups is 1. The van der Waals surface area contributed by atoms with E-state index in [1.54, 1.807) is 6.20 Å². The van der Waals surface area contributed by atoms with Crippen LogP contribution in [0.5, 0.6) is 0 Å². The summed E-state index contributed by atoms with van der Waals surface area (Å²) >= 11 is 0. The van der Waals surface area contributed by atoms with Gasteiger partial charge in [0.25, 0.3) is 0 Å². The van der Waals surface area contributed by atoms with Gasteiger partial charge in [0.05, 0.1) is 0 Å². The van der Waals surface area contributed by atoms with Crippen molar-refractivity contribution >= 4 is 11.5 Å². The first-order valence-corrected chi connectivity index (χ1v) is 7.11. The molecule has 1 aliphatic rings. The summed E-state index contributed by atoms with van der Waals surface area (Å²) in [5, 5.41) is 3.37. The molecule has 0 radical (unpaired) electrons. The molecule has 3 rings (SSSR count). The largest absolute Gasteiger partial charge is 0.385 e. The van der Waals surface area contributed by atoms with E-state index < -0.39 is 0 Å². The predicted molar refractivity (Wildman–Crippen MR) is 79.1 cm³/mol. The Balaban J connectivity index is 1.76. The van der Waals surface area contributed by atoms with E-state index >= 15 is 0 Å². The molecule has 4 nitrogen and oxygen atoms in total. The van der Waals surface area contributed by atoms with Crippen LogP contribution < -0.4 is 5.32 Å². The first kappa shape index (κ1) is 12.9. The number of aromatic nitrogens is 2. The average molecular weight is 269 g/mol. The highest BCUT2D eigenvalue weighted by Crippen LogP contribution is 2.26. The molecular weight excluding hydrogens is 250 g/mol. The molecule has 1 aromatic heterocycles. The van der Waals surface area contributed by atoms with Crippen LogP contribution in [0.3, 0.4) is 0 Å². The molecular formula is C16H19N3O. The van der Waals surface area contributed by atoms with Gasteiger partial charge in [-0.15, -0.1) is 0 Å². The van der Waals surface area contributed by atoms with Gasteiger partial charge in [0, 0.05) is 50.1 Å². The summed E-state index contributed by atoms with van der Waals surface area (Å²) in [6.45, 7) is 0.998. The molecule has 0 unspecified atom stereocenters. The fourth-order valence-electron chi connectivity index (χ4n) is 2.77. The smallest absolute Gasteiger partial charge is 0.163 e. The molecule has 1 N–H and O–H groups in total. The lowest BCUT2D eigenvalue weighted by molar-refractivity contribution is 0.0981. The summed E-state index contributed by atoms with van der Waals surface area (Å²) < 4.78 is 1.97. The number of aryl methyl sites for hydroxylation is 2. The first-order chi connectivity index (χ1) is 9.75. The summed E-state index contributed by atoms with van der Waals surface area (Å²) in [4.78, 5) is 16.7. The number of rotatable bonds is 4. The van der Waals surface area contributed by atoms with Crippen LogP contribution in [0.25, 0.3) is 0 Å². The number of anilines is 1. The number of nitrogens with one attached hydrogen (secondary N) is 1. The zero-order valence-electron chi connectivity index (χ0n) is 11.7. The molecule has 0 spiro atoms. The third-order valence-corrected chi connectivity index (χ3v) is 3.89. The van der Waals surface area contributed by atoms with Crippen molar-refractivity contribution in [2.75, 3.05) is 11.9 Å². The Kier molecular flexibility index (Phi) is 3.54. The lowest BCUT2D eigenvalue weighted by Crippen LogP contribution is -2.16. The van der Waals surface area contributed by atoms with Crippen LogP contribution in [0.15, 0.2) is 30.6 Å². The maximum Gasteiger partial charge on any atom is 0.163 e. The maximum absolute atomic E-state index is 12.5. The van der Waals surface area contributed by atoms with Crippen LogP contribution in [0.1, 0.15) is 34.6 Å². The van der Waals surface area contributed by atoms with Gasteiger partial charge in [0.1, 0.15) is 5.82 Å². The van der Waals surface area contributed by atoms with E-state index in [2.05, 4.69) is 16.4 Å². The van der Waals surface area contributed by atoms with Crippen LogP contribution in [-0.4, -0.2) is 21.9 Å². The summed E-state index contributed by atoms with van der Waals surface area (Å²) in [7, 11) is 1.96. The zero-order chi connectivity index (χ0) is 13.9. The van der Waals surface area contributed by atoms with Crippen molar-refractivity contribution in [1.82, 2.24) is 9.55 Å². The van der Waals surface area contributed by atoms with Crippen LogP contribution in [0.2, 0.25) is 0 Å². The minimum absolute atomic E-state index is 0.216. The number of hydrogen-bond donors (Lipinski definition) is 1. The molecule has 0 saturated heterocycles. The van der Waals surface area contributed by atoms with Gasteiger partial charge < -0.3 is 9.88 Å². The van der Waals surface area contributed by atoms with Crippen molar-refractivity contribution in [1.29, 1.82) is 0 Å². The lowest BCUT2D eigenvalue weighted by Gasteiger charge is -2.20. The second kappa shape index (κ2) is 5.49. The Morgan fingerprint density at radius 3 is 3.15 bits per heavy atom. The van der Waals surface area contributed by atoms with E-state index in [0.717, 1.165) is 36.5 Å². The van der Waals surface area contributed by atoms with Gasteiger partial charge in [-0.05, 0) is 24.5 Å². The number of Topliss-reactive ketones (excluding diaryl/α,β-unsaturated/α-hetero) is 1. The van der Waals surface area contributed by atoms with Gasteiger partial charge in [0.15, 0.2) is 5.78 Å². The van der Waals surface area contributed by atoms with E-state index in [1.807, 2.05) is 29.9 Å². The first-order valence-electron chi connectivity index (χ1n) is 7.11. The second-order valence-corrected chi connectivity index (χ2v) is 5.24. The number of ketones is 1. The Bertz CT molecular complexity index is 630. The lowest BCUT2D eigenvalue weighted by atomic mass is 9.93. The van der Waals surface area contributed by atoms with E-state index in [4.69, 9.17) is 0 Å². The SMILES string of the molecule is Cn1ccnc1CCC(=O)c1cccc2c1CCCN2. The van der Waals surface area contributed by atoms with Crippen molar-refractivity contribution in [2.24, 2.45) is 7.05 Å². The molecule has 1 aliphatic heterocycles. The Labute approximate surface area is 118 Å². The fourth-order valence-corrected chi connectivity index (χ4v) is 2.77. The summed E-state index contributed by atoms with van der Waals surface area (Å²) in [6.07, 6.45) is 6.98. The van der Waals surface area contributed by atoms with E-state index in [-0.39, 0.29) is 5.78 Å². The number of hydrogen-bond acceptors (Lipinski definition) is 3. The van der Waals surface area contributed by atoms with E-state index in [0.29, 0.717) is 12.8 Å². The Hall–Kier alpha value is -2.10. The number of carbonyl (C=O) groups excluding carboxylic acids is 1. The minimum atomic E-state index is 0.216. The highest BCUT2D eigenvalue weighted by Gasteiger charge is 2.17. The highest BCUT2D eigenvalue weighted by molar-refractivity contribution is 5.99. The van der Waals surface area contributed by atoms with Crippen molar-refractivity contribution in [3.05, 3.63) is 47.5 Å². The summed E-state index contributed by atoms with van der Waals surface area (Å²) in [5.41, 5.74) is 3.19. The average Bonchev–Trinajstić information content (AvgIpc) is 2.89. The molecule has 0 fully saturated rings. The normalized spacial score (nSPS) is 13.7. The van der Waals surface area contributed by atoms with Gasteiger partial charge >= 0.3 is 0 Å². The van der Waals surface area contributed by atoms with E-state index in [9.17, 15) is 4.79 Å². The summed E-state index contributed by atoms with van der Waals surface area (Å²) in [5.74, 6) is 1.18. The molecule has 0 saturated carbocycles. The highest BCUT2D eigenvalue weighted by atomic mass is 16.1. The number of fused-ring (bicyclic) bond motifs is 1. The Morgan fingerprint density at radius 2 is 2.35 bits per heavy atom. The molecule has 20 heavy (non-hydrogen) atoms.